The first-order valence-electron chi connectivity index (χ1n) is 15.7. The molecule has 1 aromatic heterocycles. The maximum atomic E-state index is 14.7. The van der Waals surface area contributed by atoms with Crippen LogP contribution in [0.3, 0.4) is 0 Å². The summed E-state index contributed by atoms with van der Waals surface area (Å²) in [6.45, 7) is 3.60. The van der Waals surface area contributed by atoms with E-state index in [2.05, 4.69) is 15.2 Å². The summed E-state index contributed by atoms with van der Waals surface area (Å²) >= 11 is 1.42. The number of amides is 4. The predicted molar refractivity (Wildman–Crippen MR) is 169 cm³/mol. The maximum absolute atomic E-state index is 14.7. The first-order chi connectivity index (χ1) is 23.3. The van der Waals surface area contributed by atoms with Crippen molar-refractivity contribution in [2.45, 2.75) is 31.7 Å². The molecular weight excluding hydrogens is 650 g/mol. The fourth-order valence-electron chi connectivity index (χ4n) is 5.85. The van der Waals surface area contributed by atoms with Crippen LogP contribution < -0.4 is 15.0 Å². The number of ether oxygens (including phenoxy) is 4. The van der Waals surface area contributed by atoms with Crippen LogP contribution in [-0.4, -0.2) is 98.9 Å². The molecule has 0 spiro atoms. The van der Waals surface area contributed by atoms with E-state index in [0.29, 0.717) is 62.6 Å². The number of rotatable bonds is 14. The highest BCUT2D eigenvalue weighted by atomic mass is 32.1. The van der Waals surface area contributed by atoms with Gasteiger partial charge in [-0.25, -0.2) is 9.37 Å². The first kappa shape index (κ1) is 33.6. The van der Waals surface area contributed by atoms with Gasteiger partial charge in [-0.3, -0.25) is 29.4 Å². The van der Waals surface area contributed by atoms with Crippen molar-refractivity contribution in [1.82, 2.24) is 15.2 Å². The minimum absolute atomic E-state index is 0.0183. The molecule has 2 fully saturated rings. The molecule has 1 unspecified atom stereocenters. The zero-order valence-electron chi connectivity index (χ0n) is 26.0. The lowest BCUT2D eigenvalue weighted by Crippen LogP contribution is -2.54. The summed E-state index contributed by atoms with van der Waals surface area (Å²) in [6.07, 6.45) is 1.18. The van der Waals surface area contributed by atoms with Crippen LogP contribution in [0.4, 0.5) is 13.9 Å². The second kappa shape index (κ2) is 15.3. The summed E-state index contributed by atoms with van der Waals surface area (Å²) in [5.74, 6) is -4.48. The van der Waals surface area contributed by atoms with Gasteiger partial charge in [-0.1, -0.05) is 12.1 Å². The number of carbonyl (C=O) groups excluding carboxylic acids is 4. The van der Waals surface area contributed by atoms with Crippen LogP contribution in [0, 0.1) is 11.6 Å². The van der Waals surface area contributed by atoms with Crippen LogP contribution in [0.5, 0.6) is 5.75 Å². The van der Waals surface area contributed by atoms with E-state index in [1.54, 1.807) is 23.6 Å². The molecule has 2 aromatic carbocycles. The van der Waals surface area contributed by atoms with E-state index in [4.69, 9.17) is 18.9 Å². The summed E-state index contributed by atoms with van der Waals surface area (Å²) in [6, 6.07) is 6.52. The van der Waals surface area contributed by atoms with Crippen LogP contribution in [0.15, 0.2) is 35.7 Å². The monoisotopic (exact) mass is 684 g/mol. The molecule has 3 aliphatic rings. The topological polar surface area (TPSA) is 137 Å². The van der Waals surface area contributed by atoms with Gasteiger partial charge >= 0.3 is 0 Å². The van der Waals surface area contributed by atoms with E-state index in [1.807, 2.05) is 0 Å². The number of thiazole rings is 1. The third-order valence-corrected chi connectivity index (χ3v) is 9.14. The van der Waals surface area contributed by atoms with E-state index in [9.17, 15) is 28.0 Å². The van der Waals surface area contributed by atoms with Gasteiger partial charge in [-0.2, -0.15) is 4.39 Å². The van der Waals surface area contributed by atoms with Gasteiger partial charge in [0.1, 0.15) is 12.6 Å². The molecule has 1 atom stereocenters. The molecule has 254 valence electrons. The Morgan fingerprint density at radius 1 is 0.938 bits per heavy atom. The van der Waals surface area contributed by atoms with Crippen molar-refractivity contribution in [1.29, 1.82) is 0 Å². The molecule has 3 aliphatic heterocycles. The van der Waals surface area contributed by atoms with Crippen LogP contribution in [0.1, 0.15) is 45.5 Å². The number of nitrogens with zero attached hydrogens (tertiary/aromatic N) is 3. The Balaban J connectivity index is 0.924. The smallest absolute Gasteiger partial charge is 0.262 e. The van der Waals surface area contributed by atoms with Crippen LogP contribution in [0.25, 0.3) is 11.3 Å². The number of aryl methyl sites for hydroxylation is 1. The molecule has 0 radical (unpaired) electrons. The van der Waals surface area contributed by atoms with E-state index >= 15 is 0 Å². The van der Waals surface area contributed by atoms with Gasteiger partial charge in [-0.05, 0) is 43.0 Å². The normalized spacial score (nSPS) is 18.0. The lowest BCUT2D eigenvalue weighted by molar-refractivity contribution is -0.136. The van der Waals surface area contributed by atoms with Crippen molar-refractivity contribution in [3.05, 3.63) is 64.0 Å². The lowest BCUT2D eigenvalue weighted by Gasteiger charge is -2.27. The molecule has 0 bridgehead atoms. The third kappa shape index (κ3) is 7.23. The summed E-state index contributed by atoms with van der Waals surface area (Å²) in [5, 5.41) is 4.76. The lowest BCUT2D eigenvalue weighted by atomic mass is 9.99. The Hall–Kier alpha value is -4.31. The predicted octanol–water partition coefficient (Wildman–Crippen LogP) is 3.37. The van der Waals surface area contributed by atoms with Crippen molar-refractivity contribution in [3.8, 4) is 17.0 Å². The highest BCUT2D eigenvalue weighted by Crippen LogP contribution is 2.36. The van der Waals surface area contributed by atoms with E-state index in [0.717, 1.165) is 16.1 Å². The maximum Gasteiger partial charge on any atom is 0.262 e. The first-order valence-corrected chi connectivity index (χ1v) is 16.6. The summed E-state index contributed by atoms with van der Waals surface area (Å²) in [7, 11) is 0. The third-order valence-electron chi connectivity index (χ3n) is 8.23. The minimum Gasteiger partial charge on any atom is -0.487 e. The number of aromatic nitrogens is 1. The van der Waals surface area contributed by atoms with E-state index < -0.39 is 41.3 Å². The molecule has 4 amide bonds. The molecule has 2 saturated heterocycles. The average molecular weight is 685 g/mol. The molecule has 0 saturated carbocycles. The quantitative estimate of drug-likeness (QED) is 0.199. The molecule has 4 heterocycles. The highest BCUT2D eigenvalue weighted by molar-refractivity contribution is 7.14. The molecule has 3 aromatic rings. The SMILES string of the molecule is O=C1CCC(N2C(=O)c3cccc(CCCOCCOCCOc4c(-c5csc(N6CCOCC6)n5)ccc(F)c4F)c3C2=O)C(=O)N1. The number of halogens is 2. The van der Waals surface area contributed by atoms with Gasteiger partial charge < -0.3 is 23.8 Å². The number of hydrogen-bond donors (Lipinski definition) is 1. The molecule has 15 heteroatoms. The fraction of sp³-hybridized carbons (Fsp3) is 0.424. The Kier molecular flexibility index (Phi) is 10.7. The molecule has 1 N–H and O–H groups in total. The number of benzene rings is 2. The van der Waals surface area contributed by atoms with Crippen molar-refractivity contribution >= 4 is 40.1 Å². The zero-order chi connectivity index (χ0) is 33.6. The van der Waals surface area contributed by atoms with Gasteiger partial charge in [0.2, 0.25) is 17.6 Å². The fourth-order valence-corrected chi connectivity index (χ4v) is 6.72. The summed E-state index contributed by atoms with van der Waals surface area (Å²) < 4.78 is 51.0. The number of piperidine rings is 1. The number of fused-ring (bicyclic) bond motifs is 1. The van der Waals surface area contributed by atoms with Crippen molar-refractivity contribution < 1.29 is 46.9 Å². The van der Waals surface area contributed by atoms with Crippen molar-refractivity contribution in [2.75, 3.05) is 64.2 Å². The number of anilines is 1. The van der Waals surface area contributed by atoms with Gasteiger partial charge in [0, 0.05) is 37.1 Å². The molecule has 0 aliphatic carbocycles. The van der Waals surface area contributed by atoms with Crippen LogP contribution >= 0.6 is 11.3 Å². The number of carbonyl (C=O) groups is 4. The van der Waals surface area contributed by atoms with Gasteiger partial charge in [0.15, 0.2) is 16.7 Å². The van der Waals surface area contributed by atoms with Gasteiger partial charge in [-0.15, -0.1) is 11.3 Å². The minimum atomic E-state index is -1.09. The summed E-state index contributed by atoms with van der Waals surface area (Å²) in [4.78, 5) is 57.7. The van der Waals surface area contributed by atoms with Crippen LogP contribution in [-0.2, 0) is 30.2 Å². The average Bonchev–Trinajstić information content (AvgIpc) is 3.68. The van der Waals surface area contributed by atoms with Crippen molar-refractivity contribution in [2.24, 2.45) is 0 Å². The molecular formula is C33H34F2N4O8S. The Morgan fingerprint density at radius 2 is 1.71 bits per heavy atom. The zero-order valence-corrected chi connectivity index (χ0v) is 26.8. The largest absolute Gasteiger partial charge is 0.487 e. The highest BCUT2D eigenvalue weighted by Gasteiger charge is 2.45. The molecule has 6 rings (SSSR count). The standard InChI is InChI=1S/C33H34F2N4O8S/c34-23-7-6-21(24-19-48-33(36-24)38-10-13-45-14-11-38)29(28(23)35)47-18-17-46-16-15-44-12-2-4-20-3-1-5-22-27(20)32(43)39(31(22)42)25-8-9-26(40)37-30(25)41/h1,3,5-7,19,25H,2,4,8-18H2,(H,37,40,41). The second-order valence-corrected chi connectivity index (χ2v) is 12.2. The number of imide groups is 2. The second-order valence-electron chi connectivity index (χ2n) is 11.3. The van der Waals surface area contributed by atoms with E-state index in [-0.39, 0.29) is 56.1 Å². The van der Waals surface area contributed by atoms with Gasteiger partial charge in [0.25, 0.3) is 11.8 Å². The number of morpholine rings is 1. The number of nitrogens with one attached hydrogen (secondary N) is 1. The van der Waals surface area contributed by atoms with E-state index in [1.165, 1.54) is 17.4 Å². The molecule has 12 nitrogen and oxygen atoms in total. The number of hydrogen-bond acceptors (Lipinski definition) is 11. The molecule has 48 heavy (non-hydrogen) atoms. The van der Waals surface area contributed by atoms with Crippen LogP contribution in [0.2, 0.25) is 0 Å². The Labute approximate surface area is 278 Å². The van der Waals surface area contributed by atoms with Gasteiger partial charge in [0.05, 0.1) is 49.9 Å². The Morgan fingerprint density at radius 3 is 2.50 bits per heavy atom. The Bertz CT molecular complexity index is 1700. The van der Waals surface area contributed by atoms with Crippen molar-refractivity contribution in [3.63, 3.8) is 0 Å². The summed E-state index contributed by atoms with van der Waals surface area (Å²) in [5.41, 5.74) is 2.05.